The smallest absolute Gasteiger partial charge is 0.222 e. The zero-order valence-corrected chi connectivity index (χ0v) is 14.6. The second-order valence-corrected chi connectivity index (χ2v) is 5.22. The van der Waals surface area contributed by atoms with Crippen LogP contribution >= 0.6 is 12.4 Å². The Kier molecular flexibility index (Phi) is 10.9. The summed E-state index contributed by atoms with van der Waals surface area (Å²) in [6, 6.07) is 2.23. The first-order valence-electron chi connectivity index (χ1n) is 7.63. The van der Waals surface area contributed by atoms with E-state index in [1.54, 1.807) is 0 Å². The molecule has 0 aliphatic rings. The summed E-state index contributed by atoms with van der Waals surface area (Å²) in [6.07, 6.45) is 0.887. The van der Waals surface area contributed by atoms with E-state index < -0.39 is 23.6 Å². The lowest BCUT2D eigenvalue weighted by Crippen LogP contribution is -2.36. The molecule has 1 atom stereocenters. The van der Waals surface area contributed by atoms with Crippen LogP contribution in [-0.4, -0.2) is 31.4 Å². The Bertz CT molecular complexity index is 544. The summed E-state index contributed by atoms with van der Waals surface area (Å²) in [4.78, 5) is 23.2. The second kappa shape index (κ2) is 11.8. The Morgan fingerprint density at radius 3 is 2.46 bits per heavy atom. The van der Waals surface area contributed by atoms with Gasteiger partial charge in [0, 0.05) is 31.6 Å². The SMILES string of the molecule is CCCNCCNC(=O)CC(NC(C)=O)c1ccc(F)cc1F.Cl. The van der Waals surface area contributed by atoms with Crippen LogP contribution in [-0.2, 0) is 9.59 Å². The van der Waals surface area contributed by atoms with Gasteiger partial charge in [-0.25, -0.2) is 8.78 Å². The molecule has 0 heterocycles. The van der Waals surface area contributed by atoms with E-state index in [-0.39, 0.29) is 30.3 Å². The third-order valence-corrected chi connectivity index (χ3v) is 3.16. The van der Waals surface area contributed by atoms with Crippen molar-refractivity contribution in [3.8, 4) is 0 Å². The second-order valence-electron chi connectivity index (χ2n) is 5.22. The summed E-state index contributed by atoms with van der Waals surface area (Å²) in [5.41, 5.74) is 0.0841. The van der Waals surface area contributed by atoms with Gasteiger partial charge in [-0.2, -0.15) is 0 Å². The molecular formula is C16H24ClF2N3O2. The van der Waals surface area contributed by atoms with Crippen molar-refractivity contribution in [2.45, 2.75) is 32.7 Å². The van der Waals surface area contributed by atoms with Crippen molar-refractivity contribution in [1.29, 1.82) is 0 Å². The van der Waals surface area contributed by atoms with Crippen LogP contribution in [0.15, 0.2) is 18.2 Å². The van der Waals surface area contributed by atoms with Gasteiger partial charge in [0.25, 0.3) is 0 Å². The average Bonchev–Trinajstić information content (AvgIpc) is 2.46. The third-order valence-electron chi connectivity index (χ3n) is 3.16. The highest BCUT2D eigenvalue weighted by molar-refractivity contribution is 5.85. The Hall–Kier alpha value is -1.73. The molecule has 1 rings (SSSR count). The van der Waals surface area contributed by atoms with Crippen LogP contribution in [0.5, 0.6) is 0 Å². The molecule has 5 nitrogen and oxygen atoms in total. The Morgan fingerprint density at radius 1 is 1.17 bits per heavy atom. The quantitative estimate of drug-likeness (QED) is 0.588. The normalized spacial score (nSPS) is 11.3. The summed E-state index contributed by atoms with van der Waals surface area (Å²) in [6.45, 7) is 5.26. The maximum atomic E-state index is 13.9. The molecule has 1 unspecified atom stereocenters. The van der Waals surface area contributed by atoms with Crippen LogP contribution in [0.25, 0.3) is 0 Å². The highest BCUT2D eigenvalue weighted by Gasteiger charge is 2.20. The van der Waals surface area contributed by atoms with Gasteiger partial charge in [0.1, 0.15) is 11.6 Å². The Morgan fingerprint density at radius 2 is 1.88 bits per heavy atom. The van der Waals surface area contributed by atoms with Crippen LogP contribution in [0.1, 0.15) is 38.3 Å². The number of rotatable bonds is 9. The summed E-state index contributed by atoms with van der Waals surface area (Å²) in [5, 5.41) is 8.35. The molecule has 3 N–H and O–H groups in total. The molecule has 0 aliphatic carbocycles. The van der Waals surface area contributed by atoms with Gasteiger partial charge in [-0.05, 0) is 19.0 Å². The molecular weight excluding hydrogens is 340 g/mol. The summed E-state index contributed by atoms with van der Waals surface area (Å²) < 4.78 is 26.9. The van der Waals surface area contributed by atoms with Crippen molar-refractivity contribution < 1.29 is 18.4 Å². The molecule has 1 aromatic carbocycles. The van der Waals surface area contributed by atoms with Gasteiger partial charge >= 0.3 is 0 Å². The fourth-order valence-corrected chi connectivity index (χ4v) is 2.12. The van der Waals surface area contributed by atoms with Gasteiger partial charge in [-0.3, -0.25) is 9.59 Å². The standard InChI is InChI=1S/C16H23F2N3O2.ClH/c1-3-6-19-7-8-20-16(23)10-15(21-11(2)22)13-5-4-12(17)9-14(13)18;/h4-5,9,15,19H,3,6-8,10H2,1-2H3,(H,20,23)(H,21,22);1H. The van der Waals surface area contributed by atoms with Crippen LogP contribution in [0.4, 0.5) is 8.78 Å². The molecule has 2 amide bonds. The monoisotopic (exact) mass is 363 g/mol. The molecule has 0 saturated heterocycles. The molecule has 0 aliphatic heterocycles. The number of hydrogen-bond donors (Lipinski definition) is 3. The lowest BCUT2D eigenvalue weighted by atomic mass is 10.0. The number of amides is 2. The first-order chi connectivity index (χ1) is 10.9. The lowest BCUT2D eigenvalue weighted by Gasteiger charge is -2.19. The minimum absolute atomic E-state index is 0. The average molecular weight is 364 g/mol. The first kappa shape index (κ1) is 22.3. The van der Waals surface area contributed by atoms with Crippen LogP contribution in [0.2, 0.25) is 0 Å². The van der Waals surface area contributed by atoms with E-state index in [1.807, 2.05) is 6.92 Å². The molecule has 0 aromatic heterocycles. The van der Waals surface area contributed by atoms with Gasteiger partial charge in [0.15, 0.2) is 0 Å². The Labute approximate surface area is 147 Å². The van der Waals surface area contributed by atoms with Gasteiger partial charge in [0.2, 0.25) is 11.8 Å². The fourth-order valence-electron chi connectivity index (χ4n) is 2.12. The van der Waals surface area contributed by atoms with Crippen molar-refractivity contribution in [3.63, 3.8) is 0 Å². The molecule has 0 spiro atoms. The molecule has 0 saturated carbocycles. The predicted octanol–water partition coefficient (Wildman–Crippen LogP) is 2.07. The van der Waals surface area contributed by atoms with Crippen LogP contribution in [0.3, 0.4) is 0 Å². The van der Waals surface area contributed by atoms with E-state index in [1.165, 1.54) is 13.0 Å². The predicted molar refractivity (Wildman–Crippen MR) is 91.0 cm³/mol. The number of benzene rings is 1. The van der Waals surface area contributed by atoms with Gasteiger partial charge < -0.3 is 16.0 Å². The van der Waals surface area contributed by atoms with E-state index in [0.717, 1.165) is 25.1 Å². The van der Waals surface area contributed by atoms with Crippen molar-refractivity contribution in [2.24, 2.45) is 0 Å². The molecule has 0 radical (unpaired) electrons. The lowest BCUT2D eigenvalue weighted by molar-refractivity contribution is -0.122. The Balaban J connectivity index is 0.00000529. The van der Waals surface area contributed by atoms with Crippen molar-refractivity contribution in [3.05, 3.63) is 35.4 Å². The van der Waals surface area contributed by atoms with E-state index in [0.29, 0.717) is 13.1 Å². The van der Waals surface area contributed by atoms with Crippen molar-refractivity contribution >= 4 is 24.2 Å². The van der Waals surface area contributed by atoms with E-state index in [4.69, 9.17) is 0 Å². The minimum atomic E-state index is -0.836. The van der Waals surface area contributed by atoms with Crippen molar-refractivity contribution in [1.82, 2.24) is 16.0 Å². The topological polar surface area (TPSA) is 70.2 Å². The van der Waals surface area contributed by atoms with E-state index in [9.17, 15) is 18.4 Å². The summed E-state index contributed by atoms with van der Waals surface area (Å²) in [5.74, 6) is -2.21. The van der Waals surface area contributed by atoms with Crippen LogP contribution in [0, 0.1) is 11.6 Å². The number of carbonyl (C=O) groups excluding carboxylic acids is 2. The third kappa shape index (κ3) is 8.21. The number of hydrogen-bond acceptors (Lipinski definition) is 3. The molecule has 8 heteroatoms. The number of nitrogens with one attached hydrogen (secondary N) is 3. The molecule has 1 aromatic rings. The zero-order valence-electron chi connectivity index (χ0n) is 13.8. The summed E-state index contributed by atoms with van der Waals surface area (Å²) in [7, 11) is 0. The fraction of sp³-hybridized carbons (Fsp3) is 0.500. The maximum absolute atomic E-state index is 13.9. The number of carbonyl (C=O) groups is 2. The zero-order chi connectivity index (χ0) is 17.2. The minimum Gasteiger partial charge on any atom is -0.355 e. The van der Waals surface area contributed by atoms with Gasteiger partial charge in [-0.15, -0.1) is 12.4 Å². The highest BCUT2D eigenvalue weighted by Crippen LogP contribution is 2.21. The summed E-state index contributed by atoms with van der Waals surface area (Å²) >= 11 is 0. The van der Waals surface area contributed by atoms with E-state index >= 15 is 0 Å². The van der Waals surface area contributed by atoms with Crippen LogP contribution < -0.4 is 16.0 Å². The molecule has 0 bridgehead atoms. The van der Waals surface area contributed by atoms with Crippen molar-refractivity contribution in [2.75, 3.05) is 19.6 Å². The maximum Gasteiger partial charge on any atom is 0.222 e. The molecule has 136 valence electrons. The first-order valence-corrected chi connectivity index (χ1v) is 7.63. The van der Waals surface area contributed by atoms with Gasteiger partial charge in [0.05, 0.1) is 12.5 Å². The molecule has 0 fully saturated rings. The highest BCUT2D eigenvalue weighted by atomic mass is 35.5. The number of halogens is 3. The molecule has 24 heavy (non-hydrogen) atoms. The largest absolute Gasteiger partial charge is 0.355 e. The van der Waals surface area contributed by atoms with E-state index in [2.05, 4.69) is 16.0 Å². The van der Waals surface area contributed by atoms with Gasteiger partial charge in [-0.1, -0.05) is 13.0 Å².